The first-order chi connectivity index (χ1) is 17.7. The molecule has 38 heavy (non-hydrogen) atoms. The van der Waals surface area contributed by atoms with Crippen molar-refractivity contribution in [2.24, 2.45) is 0 Å². The summed E-state index contributed by atoms with van der Waals surface area (Å²) >= 11 is 0. The molecule has 0 unspecified atom stereocenters. The van der Waals surface area contributed by atoms with Crippen molar-refractivity contribution in [2.45, 2.75) is 70.0 Å². The SMILES string of the molecule is CC(C)OC(=O)[C@H](C)N[P@@](=O)(OCC[C@@]1(F)O[C@@H](n2ccc(=O)[nH]c2=O)[C@](C)(O)[C@@H]1O)Oc1ccccc1. The Morgan fingerprint density at radius 1 is 1.26 bits per heavy atom. The molecule has 6 atom stereocenters. The Balaban J connectivity index is 1.77. The first-order valence-electron chi connectivity index (χ1n) is 11.7. The monoisotopic (exact) mass is 559 g/mol. The maximum Gasteiger partial charge on any atom is 0.459 e. The summed E-state index contributed by atoms with van der Waals surface area (Å²) in [6.45, 7) is 5.02. The zero-order valence-electron chi connectivity index (χ0n) is 21.2. The molecule has 3 rings (SSSR count). The van der Waals surface area contributed by atoms with E-state index >= 15 is 4.39 Å². The van der Waals surface area contributed by atoms with Crippen molar-refractivity contribution in [1.29, 1.82) is 0 Å². The molecule has 0 aliphatic carbocycles. The highest BCUT2D eigenvalue weighted by Crippen LogP contribution is 2.49. The van der Waals surface area contributed by atoms with Crippen LogP contribution in [0.5, 0.6) is 5.75 Å². The number of nitrogens with one attached hydrogen (secondary N) is 2. The highest BCUT2D eigenvalue weighted by atomic mass is 31.2. The van der Waals surface area contributed by atoms with Crippen molar-refractivity contribution < 1.29 is 42.5 Å². The summed E-state index contributed by atoms with van der Waals surface area (Å²) in [5.41, 5.74) is -4.03. The van der Waals surface area contributed by atoms with E-state index in [-0.39, 0.29) is 5.75 Å². The van der Waals surface area contributed by atoms with Gasteiger partial charge in [0.1, 0.15) is 23.5 Å². The Morgan fingerprint density at radius 2 is 1.92 bits per heavy atom. The minimum Gasteiger partial charge on any atom is -0.462 e. The van der Waals surface area contributed by atoms with Gasteiger partial charge in [0.05, 0.1) is 12.7 Å². The second-order valence-electron chi connectivity index (χ2n) is 9.22. The van der Waals surface area contributed by atoms with Gasteiger partial charge in [-0.1, -0.05) is 18.2 Å². The highest BCUT2D eigenvalue weighted by Gasteiger charge is 2.62. The zero-order chi connectivity index (χ0) is 28.3. The number of esters is 1. The number of aliphatic hydroxyl groups excluding tert-OH is 1. The summed E-state index contributed by atoms with van der Waals surface area (Å²) < 4.78 is 51.2. The topological polar surface area (TPSA) is 178 Å². The third-order valence-electron chi connectivity index (χ3n) is 5.60. The van der Waals surface area contributed by atoms with Gasteiger partial charge in [-0.3, -0.25) is 23.7 Å². The summed E-state index contributed by atoms with van der Waals surface area (Å²) in [5.74, 6) is -3.58. The molecule has 13 nitrogen and oxygen atoms in total. The number of carbonyl (C=O) groups is 1. The molecule has 1 aliphatic heterocycles. The van der Waals surface area contributed by atoms with E-state index in [0.717, 1.165) is 23.8 Å². The van der Waals surface area contributed by atoms with E-state index < -0.39 is 73.9 Å². The van der Waals surface area contributed by atoms with E-state index in [0.29, 0.717) is 0 Å². The normalized spacial score (nSPS) is 27.6. The number of rotatable bonds is 11. The minimum atomic E-state index is -4.33. The van der Waals surface area contributed by atoms with Crippen molar-refractivity contribution >= 4 is 13.7 Å². The number of para-hydroxylation sites is 1. The Labute approximate surface area is 217 Å². The number of alkyl halides is 1. The number of aromatic amines is 1. The molecular weight excluding hydrogens is 528 g/mol. The zero-order valence-corrected chi connectivity index (χ0v) is 22.1. The van der Waals surface area contributed by atoms with Gasteiger partial charge >= 0.3 is 19.4 Å². The number of H-pyrrole nitrogens is 1. The molecule has 2 heterocycles. The summed E-state index contributed by atoms with van der Waals surface area (Å²) in [4.78, 5) is 37.7. The average Bonchev–Trinajstić information content (AvgIpc) is 2.99. The Morgan fingerprint density at radius 3 is 2.53 bits per heavy atom. The average molecular weight is 559 g/mol. The van der Waals surface area contributed by atoms with Crippen LogP contribution in [-0.2, 0) is 23.4 Å². The number of carbonyl (C=O) groups excluding carboxylic acids is 1. The van der Waals surface area contributed by atoms with Gasteiger partial charge < -0.3 is 24.2 Å². The first-order valence-corrected chi connectivity index (χ1v) is 13.3. The van der Waals surface area contributed by atoms with E-state index in [1.54, 1.807) is 32.0 Å². The molecule has 1 aromatic carbocycles. The maximum atomic E-state index is 15.8. The number of halogens is 1. The Kier molecular flexibility index (Phi) is 8.97. The van der Waals surface area contributed by atoms with Gasteiger partial charge in [0.2, 0.25) is 5.85 Å². The van der Waals surface area contributed by atoms with Crippen molar-refractivity contribution in [3.8, 4) is 5.75 Å². The lowest BCUT2D eigenvalue weighted by Crippen LogP contribution is -2.49. The lowest BCUT2D eigenvalue weighted by atomic mass is 9.94. The molecule has 1 aliphatic rings. The van der Waals surface area contributed by atoms with Crippen molar-refractivity contribution in [2.75, 3.05) is 6.61 Å². The maximum absolute atomic E-state index is 15.8. The summed E-state index contributed by atoms with van der Waals surface area (Å²) in [6.07, 6.45) is -4.12. The molecule has 0 amide bonds. The summed E-state index contributed by atoms with van der Waals surface area (Å²) in [7, 11) is -4.33. The predicted octanol–water partition coefficient (Wildman–Crippen LogP) is 1.37. The quantitative estimate of drug-likeness (QED) is 0.231. The molecule has 1 fully saturated rings. The van der Waals surface area contributed by atoms with Crippen molar-refractivity contribution in [3.63, 3.8) is 0 Å². The van der Waals surface area contributed by atoms with Crippen LogP contribution >= 0.6 is 7.75 Å². The second-order valence-corrected chi connectivity index (χ2v) is 10.9. The molecule has 15 heteroatoms. The molecule has 1 saturated heterocycles. The number of hydrogen-bond donors (Lipinski definition) is 4. The molecular formula is C23H31FN3O10P. The largest absolute Gasteiger partial charge is 0.462 e. The van der Waals surface area contributed by atoms with Crippen LogP contribution in [0, 0.1) is 0 Å². The molecule has 0 spiro atoms. The molecule has 0 saturated carbocycles. The molecule has 210 valence electrons. The lowest BCUT2D eigenvalue weighted by molar-refractivity contribution is -0.194. The van der Waals surface area contributed by atoms with Crippen LogP contribution in [0.25, 0.3) is 0 Å². The number of hydrogen-bond acceptors (Lipinski definition) is 10. The van der Waals surface area contributed by atoms with Gasteiger partial charge in [0.25, 0.3) is 5.56 Å². The fraction of sp³-hybridized carbons (Fsp3) is 0.522. The van der Waals surface area contributed by atoms with Crippen LogP contribution in [0.3, 0.4) is 0 Å². The lowest BCUT2D eigenvalue weighted by Gasteiger charge is -2.28. The van der Waals surface area contributed by atoms with Gasteiger partial charge in [0, 0.05) is 18.7 Å². The molecule has 4 N–H and O–H groups in total. The van der Waals surface area contributed by atoms with Gasteiger partial charge in [-0.2, -0.15) is 5.09 Å². The molecule has 0 radical (unpaired) electrons. The number of ether oxygens (including phenoxy) is 2. The Hall–Kier alpha value is -2.87. The third kappa shape index (κ3) is 6.76. The van der Waals surface area contributed by atoms with Crippen molar-refractivity contribution in [1.82, 2.24) is 14.6 Å². The van der Waals surface area contributed by atoms with E-state index in [4.69, 9.17) is 18.5 Å². The smallest absolute Gasteiger partial charge is 0.459 e. The highest BCUT2D eigenvalue weighted by molar-refractivity contribution is 7.52. The molecule has 0 bridgehead atoms. The van der Waals surface area contributed by atoms with Crippen LogP contribution in [0.1, 0.15) is 40.3 Å². The minimum absolute atomic E-state index is 0.125. The van der Waals surface area contributed by atoms with Crippen LogP contribution in [0.2, 0.25) is 0 Å². The first kappa shape index (κ1) is 29.7. The summed E-state index contributed by atoms with van der Waals surface area (Å²) in [5, 5.41) is 23.8. The molecule has 1 aromatic heterocycles. The summed E-state index contributed by atoms with van der Waals surface area (Å²) in [6, 6.07) is 7.70. The Bertz CT molecular complexity index is 1280. The number of aromatic nitrogens is 2. The van der Waals surface area contributed by atoms with E-state index in [1.165, 1.54) is 19.1 Å². The van der Waals surface area contributed by atoms with E-state index in [1.807, 2.05) is 4.98 Å². The number of aliphatic hydroxyl groups is 2. The molecule has 2 aromatic rings. The number of nitrogens with zero attached hydrogens (tertiary/aromatic N) is 1. The van der Waals surface area contributed by atoms with Crippen molar-refractivity contribution in [3.05, 3.63) is 63.4 Å². The van der Waals surface area contributed by atoms with Gasteiger partial charge in [-0.25, -0.2) is 13.8 Å². The third-order valence-corrected chi connectivity index (χ3v) is 7.28. The fourth-order valence-corrected chi connectivity index (χ4v) is 5.22. The van der Waals surface area contributed by atoms with Gasteiger partial charge in [0.15, 0.2) is 6.23 Å². The van der Waals surface area contributed by atoms with Crippen LogP contribution < -0.4 is 20.9 Å². The van der Waals surface area contributed by atoms with Crippen LogP contribution in [0.15, 0.2) is 52.2 Å². The van der Waals surface area contributed by atoms with Gasteiger partial charge in [-0.05, 0) is 39.8 Å². The van der Waals surface area contributed by atoms with Gasteiger partial charge in [-0.15, -0.1) is 0 Å². The predicted molar refractivity (Wildman–Crippen MR) is 131 cm³/mol. The van der Waals surface area contributed by atoms with E-state index in [2.05, 4.69) is 5.09 Å². The van der Waals surface area contributed by atoms with Crippen LogP contribution in [0.4, 0.5) is 4.39 Å². The fourth-order valence-electron chi connectivity index (χ4n) is 3.73. The number of benzene rings is 1. The van der Waals surface area contributed by atoms with Crippen LogP contribution in [-0.4, -0.2) is 62.0 Å². The standard InChI is InChI=1S/C23H31FN3O10P/c1-14(2)35-18(29)15(3)26-38(33,37-16-8-6-5-7-9-16)34-13-11-23(24)19(30)22(4,32)20(36-23)27-12-10-17(28)25-21(27)31/h5-10,12,14-15,19-20,30,32H,11,13H2,1-4H3,(H,26,33)(H,25,28,31)/t15-,19-,20+,22+,23+,38+/m0/s1. The second kappa shape index (κ2) is 11.5. The van der Waals surface area contributed by atoms with E-state index in [9.17, 15) is 29.2 Å².